The topological polar surface area (TPSA) is 37.3 Å². The second-order valence-corrected chi connectivity index (χ2v) is 3.91. The smallest absolute Gasteiger partial charge is 0.168 e. The van der Waals surface area contributed by atoms with Gasteiger partial charge in [0.15, 0.2) is 5.78 Å². The summed E-state index contributed by atoms with van der Waals surface area (Å²) in [6.07, 6.45) is 1.95. The largest absolute Gasteiger partial charge is 0.378 e. The SMILES string of the molecule is C=C(C)C1(O)CCC(C)CC1=O. The van der Waals surface area contributed by atoms with Crippen LogP contribution in [0.2, 0.25) is 0 Å². The van der Waals surface area contributed by atoms with Gasteiger partial charge in [0.05, 0.1) is 0 Å². The molecule has 1 fully saturated rings. The molecule has 0 aromatic heterocycles. The summed E-state index contributed by atoms with van der Waals surface area (Å²) >= 11 is 0. The summed E-state index contributed by atoms with van der Waals surface area (Å²) in [5.41, 5.74) is -0.633. The third kappa shape index (κ3) is 1.44. The first-order valence-electron chi connectivity index (χ1n) is 4.38. The Hall–Kier alpha value is -0.630. The quantitative estimate of drug-likeness (QED) is 0.605. The molecule has 0 aliphatic heterocycles. The van der Waals surface area contributed by atoms with E-state index in [1.165, 1.54) is 0 Å². The first-order valence-corrected chi connectivity index (χ1v) is 4.38. The van der Waals surface area contributed by atoms with Gasteiger partial charge in [0.2, 0.25) is 0 Å². The van der Waals surface area contributed by atoms with Crippen molar-refractivity contribution in [3.8, 4) is 0 Å². The van der Waals surface area contributed by atoms with Gasteiger partial charge in [-0.05, 0) is 31.3 Å². The number of carbonyl (C=O) groups excluding carboxylic acids is 1. The maximum Gasteiger partial charge on any atom is 0.168 e. The molecule has 2 heteroatoms. The fourth-order valence-corrected chi connectivity index (χ4v) is 1.63. The molecule has 0 bridgehead atoms. The zero-order valence-electron chi connectivity index (χ0n) is 7.76. The molecule has 2 unspecified atom stereocenters. The van der Waals surface area contributed by atoms with Gasteiger partial charge in [-0.25, -0.2) is 0 Å². The van der Waals surface area contributed by atoms with Gasteiger partial charge < -0.3 is 5.11 Å². The third-order valence-corrected chi connectivity index (χ3v) is 2.70. The van der Waals surface area contributed by atoms with E-state index >= 15 is 0 Å². The number of carbonyl (C=O) groups is 1. The lowest BCUT2D eigenvalue weighted by Gasteiger charge is -2.33. The lowest BCUT2D eigenvalue weighted by Crippen LogP contribution is -2.43. The van der Waals surface area contributed by atoms with Crippen LogP contribution in [0.5, 0.6) is 0 Å². The van der Waals surface area contributed by atoms with Crippen molar-refractivity contribution in [2.24, 2.45) is 5.92 Å². The van der Waals surface area contributed by atoms with E-state index < -0.39 is 5.60 Å². The zero-order chi connectivity index (χ0) is 9.35. The van der Waals surface area contributed by atoms with Crippen LogP contribution in [0.1, 0.15) is 33.1 Å². The van der Waals surface area contributed by atoms with Crippen molar-refractivity contribution < 1.29 is 9.90 Å². The average Bonchev–Trinajstić information content (AvgIpc) is 1.97. The number of Topliss-reactive ketones (excluding diaryl/α,β-unsaturated/α-hetero) is 1. The van der Waals surface area contributed by atoms with E-state index in [0.29, 0.717) is 24.3 Å². The van der Waals surface area contributed by atoms with E-state index in [4.69, 9.17) is 0 Å². The number of rotatable bonds is 1. The van der Waals surface area contributed by atoms with Crippen molar-refractivity contribution in [3.63, 3.8) is 0 Å². The molecule has 0 aromatic rings. The molecule has 0 saturated heterocycles. The molecule has 0 spiro atoms. The highest BCUT2D eigenvalue weighted by Crippen LogP contribution is 2.33. The van der Waals surface area contributed by atoms with E-state index in [-0.39, 0.29) is 5.78 Å². The van der Waals surface area contributed by atoms with E-state index in [9.17, 15) is 9.90 Å². The Balaban J connectivity index is 2.80. The highest BCUT2D eigenvalue weighted by Gasteiger charge is 2.40. The molecule has 1 aliphatic carbocycles. The van der Waals surface area contributed by atoms with Crippen LogP contribution in [-0.2, 0) is 4.79 Å². The van der Waals surface area contributed by atoms with Gasteiger partial charge in [-0.2, -0.15) is 0 Å². The number of hydrogen-bond acceptors (Lipinski definition) is 2. The van der Waals surface area contributed by atoms with Crippen LogP contribution >= 0.6 is 0 Å². The molecule has 12 heavy (non-hydrogen) atoms. The summed E-state index contributed by atoms with van der Waals surface area (Å²) < 4.78 is 0. The molecule has 0 radical (unpaired) electrons. The minimum Gasteiger partial charge on any atom is -0.378 e. The Kier molecular flexibility index (Phi) is 2.38. The second-order valence-electron chi connectivity index (χ2n) is 3.91. The fraction of sp³-hybridized carbons (Fsp3) is 0.700. The number of ketones is 1. The summed E-state index contributed by atoms with van der Waals surface area (Å²) in [4.78, 5) is 11.5. The average molecular weight is 168 g/mol. The predicted molar refractivity (Wildman–Crippen MR) is 47.8 cm³/mol. The fourth-order valence-electron chi connectivity index (χ4n) is 1.63. The van der Waals surface area contributed by atoms with Crippen LogP contribution in [0.3, 0.4) is 0 Å². The normalized spacial score (nSPS) is 36.6. The van der Waals surface area contributed by atoms with E-state index in [2.05, 4.69) is 6.58 Å². The van der Waals surface area contributed by atoms with Crippen LogP contribution in [0.4, 0.5) is 0 Å². The maximum atomic E-state index is 11.5. The molecule has 0 amide bonds. The lowest BCUT2D eigenvalue weighted by atomic mass is 9.75. The molecule has 1 rings (SSSR count). The van der Waals surface area contributed by atoms with Crippen LogP contribution in [-0.4, -0.2) is 16.5 Å². The molecule has 2 nitrogen and oxygen atoms in total. The summed E-state index contributed by atoms with van der Waals surface area (Å²) in [5.74, 6) is 0.353. The molecule has 0 heterocycles. The van der Waals surface area contributed by atoms with Gasteiger partial charge in [-0.15, -0.1) is 0 Å². The molecule has 1 N–H and O–H groups in total. The van der Waals surface area contributed by atoms with Crippen molar-refractivity contribution in [3.05, 3.63) is 12.2 Å². The Morgan fingerprint density at radius 2 is 2.33 bits per heavy atom. The van der Waals surface area contributed by atoms with E-state index in [0.717, 1.165) is 6.42 Å². The van der Waals surface area contributed by atoms with Gasteiger partial charge in [-0.3, -0.25) is 4.79 Å². The van der Waals surface area contributed by atoms with Crippen molar-refractivity contribution in [2.45, 2.75) is 38.7 Å². The van der Waals surface area contributed by atoms with Crippen molar-refractivity contribution in [1.29, 1.82) is 0 Å². The Labute approximate surface area is 73.3 Å². The van der Waals surface area contributed by atoms with Gasteiger partial charge in [0.25, 0.3) is 0 Å². The van der Waals surface area contributed by atoms with Crippen molar-refractivity contribution >= 4 is 5.78 Å². The molecule has 0 aromatic carbocycles. The number of aliphatic hydroxyl groups is 1. The standard InChI is InChI=1S/C10H16O2/c1-7(2)10(12)5-4-8(3)6-9(10)11/h8,12H,1,4-6H2,2-3H3. The summed E-state index contributed by atoms with van der Waals surface area (Å²) in [5, 5.41) is 9.89. The molecule has 68 valence electrons. The van der Waals surface area contributed by atoms with Crippen molar-refractivity contribution in [2.75, 3.05) is 0 Å². The monoisotopic (exact) mass is 168 g/mol. The van der Waals surface area contributed by atoms with Crippen molar-refractivity contribution in [1.82, 2.24) is 0 Å². The van der Waals surface area contributed by atoms with Crippen LogP contribution in [0, 0.1) is 5.92 Å². The highest BCUT2D eigenvalue weighted by atomic mass is 16.3. The van der Waals surface area contributed by atoms with Gasteiger partial charge in [0.1, 0.15) is 5.60 Å². The second kappa shape index (κ2) is 3.02. The van der Waals surface area contributed by atoms with E-state index in [1.807, 2.05) is 6.92 Å². The molecule has 2 atom stereocenters. The molecule has 1 saturated carbocycles. The van der Waals surface area contributed by atoms with Gasteiger partial charge in [0, 0.05) is 6.42 Å². The third-order valence-electron chi connectivity index (χ3n) is 2.70. The zero-order valence-corrected chi connectivity index (χ0v) is 7.76. The number of hydrogen-bond donors (Lipinski definition) is 1. The van der Waals surface area contributed by atoms with Crippen LogP contribution in [0.25, 0.3) is 0 Å². The Bertz CT molecular complexity index is 220. The molecular formula is C10H16O2. The van der Waals surface area contributed by atoms with Gasteiger partial charge in [-0.1, -0.05) is 13.5 Å². The van der Waals surface area contributed by atoms with Gasteiger partial charge >= 0.3 is 0 Å². The minimum absolute atomic E-state index is 0.0613. The minimum atomic E-state index is -1.22. The highest BCUT2D eigenvalue weighted by molar-refractivity contribution is 5.90. The summed E-state index contributed by atoms with van der Waals surface area (Å²) in [6.45, 7) is 7.41. The summed E-state index contributed by atoms with van der Waals surface area (Å²) in [7, 11) is 0. The Morgan fingerprint density at radius 1 is 1.75 bits per heavy atom. The lowest BCUT2D eigenvalue weighted by molar-refractivity contribution is -0.138. The molecular weight excluding hydrogens is 152 g/mol. The summed E-state index contributed by atoms with van der Waals surface area (Å²) in [6, 6.07) is 0. The first-order chi connectivity index (χ1) is 5.47. The van der Waals surface area contributed by atoms with Crippen LogP contribution < -0.4 is 0 Å². The first kappa shape index (κ1) is 9.46. The van der Waals surface area contributed by atoms with E-state index in [1.54, 1.807) is 6.92 Å². The Morgan fingerprint density at radius 3 is 2.75 bits per heavy atom. The predicted octanol–water partition coefficient (Wildman–Crippen LogP) is 1.68. The van der Waals surface area contributed by atoms with Crippen LogP contribution in [0.15, 0.2) is 12.2 Å². The molecule has 1 aliphatic rings. The maximum absolute atomic E-state index is 11.5.